The Morgan fingerprint density at radius 3 is 2.26 bits per heavy atom. The molecule has 1 N–H and O–H groups in total. The molecule has 2 amide bonds. The largest absolute Gasteiger partial charge is 0.355 e. The minimum Gasteiger partial charge on any atom is -0.355 e. The van der Waals surface area contributed by atoms with Crippen molar-refractivity contribution in [2.45, 2.75) is 60.0 Å². The fraction of sp³-hybridized carbons (Fsp3) is 0.462. The Balaban J connectivity index is 2.18. The van der Waals surface area contributed by atoms with E-state index in [1.165, 1.54) is 10.6 Å². The second-order valence-electron chi connectivity index (χ2n) is 8.74. The van der Waals surface area contributed by atoms with Crippen LogP contribution in [0.1, 0.15) is 48.9 Å². The van der Waals surface area contributed by atoms with Crippen molar-refractivity contribution in [3.8, 4) is 0 Å². The summed E-state index contributed by atoms with van der Waals surface area (Å²) in [4.78, 5) is 27.3. The lowest BCUT2D eigenvalue weighted by Crippen LogP contribution is -2.47. The molecular weight excluding hydrogens is 450 g/mol. The number of nitrogens with one attached hydrogen (secondary N) is 1. The fourth-order valence-corrected chi connectivity index (χ4v) is 4.80. The monoisotopic (exact) mass is 487 g/mol. The molecule has 0 aliphatic rings. The summed E-state index contributed by atoms with van der Waals surface area (Å²) in [6.07, 6.45) is 1.65. The van der Waals surface area contributed by atoms with Gasteiger partial charge in [0.25, 0.3) is 0 Å². The SMILES string of the molecule is CCNC(=O)[C@H](C)N(Cc1ccc(C)cc1)C(=O)CCCN(c1cccc(C)c1C)S(C)(=O)=O. The molecule has 34 heavy (non-hydrogen) atoms. The van der Waals surface area contributed by atoms with E-state index in [1.54, 1.807) is 17.9 Å². The Labute approximate surface area is 204 Å². The number of hydrogen-bond acceptors (Lipinski definition) is 4. The van der Waals surface area contributed by atoms with Crippen LogP contribution in [0.25, 0.3) is 0 Å². The van der Waals surface area contributed by atoms with Crippen molar-refractivity contribution in [3.63, 3.8) is 0 Å². The van der Waals surface area contributed by atoms with Gasteiger partial charge < -0.3 is 10.2 Å². The fourth-order valence-electron chi connectivity index (χ4n) is 3.78. The van der Waals surface area contributed by atoms with Gasteiger partial charge in [-0.1, -0.05) is 42.0 Å². The van der Waals surface area contributed by atoms with Gasteiger partial charge in [0, 0.05) is 26.1 Å². The maximum atomic E-state index is 13.2. The number of aryl methyl sites for hydroxylation is 2. The molecule has 8 heteroatoms. The number of sulfonamides is 1. The number of hydrogen-bond donors (Lipinski definition) is 1. The summed E-state index contributed by atoms with van der Waals surface area (Å²) in [5.74, 6) is -0.398. The van der Waals surface area contributed by atoms with Crippen LogP contribution in [0.15, 0.2) is 42.5 Å². The van der Waals surface area contributed by atoms with Crippen LogP contribution in [0, 0.1) is 20.8 Å². The van der Waals surface area contributed by atoms with Gasteiger partial charge in [-0.2, -0.15) is 0 Å². The molecule has 0 radical (unpaired) electrons. The first kappa shape index (κ1) is 27.4. The second-order valence-corrected chi connectivity index (χ2v) is 10.6. The van der Waals surface area contributed by atoms with Crippen molar-refractivity contribution in [3.05, 3.63) is 64.7 Å². The van der Waals surface area contributed by atoms with E-state index in [9.17, 15) is 18.0 Å². The van der Waals surface area contributed by atoms with Crippen LogP contribution in [0.2, 0.25) is 0 Å². The van der Waals surface area contributed by atoms with E-state index in [4.69, 9.17) is 0 Å². The molecule has 0 aromatic heterocycles. The van der Waals surface area contributed by atoms with Crippen LogP contribution in [0.3, 0.4) is 0 Å². The highest BCUT2D eigenvalue weighted by atomic mass is 32.2. The maximum absolute atomic E-state index is 13.2. The highest BCUT2D eigenvalue weighted by Gasteiger charge is 2.26. The normalized spacial score (nSPS) is 12.2. The first-order valence-electron chi connectivity index (χ1n) is 11.6. The summed E-state index contributed by atoms with van der Waals surface area (Å²) in [5.41, 5.74) is 4.57. The Bertz CT molecular complexity index is 1100. The van der Waals surface area contributed by atoms with E-state index in [1.807, 2.05) is 64.1 Å². The van der Waals surface area contributed by atoms with E-state index >= 15 is 0 Å². The third kappa shape index (κ3) is 7.32. The van der Waals surface area contributed by atoms with Gasteiger partial charge in [-0.15, -0.1) is 0 Å². The van der Waals surface area contributed by atoms with E-state index in [0.29, 0.717) is 25.2 Å². The molecule has 0 heterocycles. The van der Waals surface area contributed by atoms with Crippen LogP contribution >= 0.6 is 0 Å². The van der Waals surface area contributed by atoms with Crippen molar-refractivity contribution in [2.75, 3.05) is 23.7 Å². The van der Waals surface area contributed by atoms with Gasteiger partial charge in [0.05, 0.1) is 11.9 Å². The molecule has 2 aromatic rings. The van der Waals surface area contributed by atoms with Crippen LogP contribution in [0.4, 0.5) is 5.69 Å². The van der Waals surface area contributed by atoms with Gasteiger partial charge in [-0.25, -0.2) is 8.42 Å². The first-order chi connectivity index (χ1) is 16.0. The highest BCUT2D eigenvalue weighted by molar-refractivity contribution is 7.92. The third-order valence-electron chi connectivity index (χ3n) is 5.99. The minimum absolute atomic E-state index is 0.131. The maximum Gasteiger partial charge on any atom is 0.242 e. The summed E-state index contributed by atoms with van der Waals surface area (Å²) in [7, 11) is -3.52. The standard InChI is InChI=1S/C26H37N3O4S/c1-7-27-26(31)22(5)28(18-23-15-13-19(2)14-16-23)25(30)12-9-17-29(34(6,32)33)24-11-8-10-20(3)21(24)4/h8,10-11,13-16,22H,7,9,12,17-18H2,1-6H3,(H,27,31)/t22-/m0/s1. The topological polar surface area (TPSA) is 86.8 Å². The van der Waals surface area contributed by atoms with Gasteiger partial charge in [0.2, 0.25) is 21.8 Å². The van der Waals surface area contributed by atoms with Crippen molar-refractivity contribution < 1.29 is 18.0 Å². The number of benzene rings is 2. The Morgan fingerprint density at radius 2 is 1.68 bits per heavy atom. The van der Waals surface area contributed by atoms with Crippen molar-refractivity contribution in [1.82, 2.24) is 10.2 Å². The third-order valence-corrected chi connectivity index (χ3v) is 7.17. The van der Waals surface area contributed by atoms with E-state index in [0.717, 1.165) is 22.3 Å². The quantitative estimate of drug-likeness (QED) is 0.523. The van der Waals surface area contributed by atoms with Crippen LogP contribution in [-0.2, 0) is 26.2 Å². The predicted octanol–water partition coefficient (Wildman–Crippen LogP) is 3.71. The van der Waals surface area contributed by atoms with Gasteiger partial charge in [0.15, 0.2) is 0 Å². The number of rotatable bonds is 11. The molecule has 0 bridgehead atoms. The average Bonchev–Trinajstić information content (AvgIpc) is 2.77. The van der Waals surface area contributed by atoms with Gasteiger partial charge in [-0.3, -0.25) is 13.9 Å². The summed E-state index contributed by atoms with van der Waals surface area (Å²) >= 11 is 0. The zero-order valence-electron chi connectivity index (χ0n) is 21.1. The molecule has 7 nitrogen and oxygen atoms in total. The van der Waals surface area contributed by atoms with Crippen molar-refractivity contribution >= 4 is 27.5 Å². The molecule has 0 fully saturated rings. The Morgan fingerprint density at radius 1 is 1.03 bits per heavy atom. The van der Waals surface area contributed by atoms with E-state index in [2.05, 4.69) is 5.32 Å². The number of likely N-dealkylation sites (N-methyl/N-ethyl adjacent to an activating group) is 1. The lowest BCUT2D eigenvalue weighted by Gasteiger charge is -2.29. The predicted molar refractivity (Wildman–Crippen MR) is 137 cm³/mol. The number of carbonyl (C=O) groups excluding carboxylic acids is 2. The van der Waals surface area contributed by atoms with Crippen LogP contribution < -0.4 is 9.62 Å². The smallest absolute Gasteiger partial charge is 0.242 e. The highest BCUT2D eigenvalue weighted by Crippen LogP contribution is 2.25. The molecule has 2 aromatic carbocycles. The summed E-state index contributed by atoms with van der Waals surface area (Å²) in [5, 5.41) is 2.78. The van der Waals surface area contributed by atoms with Gasteiger partial charge in [-0.05, 0) is 63.8 Å². The minimum atomic E-state index is -3.52. The molecule has 0 aliphatic heterocycles. The van der Waals surface area contributed by atoms with Gasteiger partial charge in [0.1, 0.15) is 6.04 Å². The van der Waals surface area contributed by atoms with Crippen molar-refractivity contribution in [1.29, 1.82) is 0 Å². The molecule has 186 valence electrons. The molecule has 0 unspecified atom stereocenters. The first-order valence-corrected chi connectivity index (χ1v) is 13.5. The second kappa shape index (κ2) is 12.0. The lowest BCUT2D eigenvalue weighted by atomic mass is 10.1. The number of anilines is 1. The molecule has 2 rings (SSSR count). The number of amides is 2. The molecular formula is C26H37N3O4S. The molecule has 0 aliphatic carbocycles. The van der Waals surface area contributed by atoms with E-state index < -0.39 is 16.1 Å². The van der Waals surface area contributed by atoms with Crippen LogP contribution in [-0.4, -0.2) is 50.5 Å². The average molecular weight is 488 g/mol. The lowest BCUT2D eigenvalue weighted by molar-refractivity contribution is -0.140. The summed E-state index contributed by atoms with van der Waals surface area (Å²) in [6, 6.07) is 12.8. The summed E-state index contributed by atoms with van der Waals surface area (Å²) < 4.78 is 26.4. The molecule has 1 atom stereocenters. The zero-order chi connectivity index (χ0) is 25.5. The van der Waals surface area contributed by atoms with Crippen molar-refractivity contribution in [2.24, 2.45) is 0 Å². The van der Waals surface area contributed by atoms with Gasteiger partial charge >= 0.3 is 0 Å². The number of carbonyl (C=O) groups is 2. The number of nitrogens with zero attached hydrogens (tertiary/aromatic N) is 2. The van der Waals surface area contributed by atoms with E-state index in [-0.39, 0.29) is 24.8 Å². The Kier molecular flexibility index (Phi) is 9.67. The molecule has 0 saturated heterocycles. The molecule has 0 saturated carbocycles. The molecule has 0 spiro atoms. The van der Waals surface area contributed by atoms with Crippen LogP contribution in [0.5, 0.6) is 0 Å². The Hall–Kier alpha value is -2.87. The zero-order valence-corrected chi connectivity index (χ0v) is 21.9. The summed E-state index contributed by atoms with van der Waals surface area (Å²) in [6.45, 7) is 10.4.